The van der Waals surface area contributed by atoms with Crippen LogP contribution in [0.4, 0.5) is 5.82 Å². The first-order chi connectivity index (χ1) is 13.8. The van der Waals surface area contributed by atoms with Crippen LogP contribution in [-0.2, 0) is 18.8 Å². The fourth-order valence-electron chi connectivity index (χ4n) is 2.95. The number of esters is 1. The number of rotatable bonds is 5. The summed E-state index contributed by atoms with van der Waals surface area (Å²) >= 11 is 0. The summed E-state index contributed by atoms with van der Waals surface area (Å²) in [4.78, 5) is 49.1. The van der Waals surface area contributed by atoms with Crippen molar-refractivity contribution in [3.8, 4) is 5.75 Å². The Hall–Kier alpha value is -3.88. The molecule has 2 N–H and O–H groups in total. The molecule has 0 saturated heterocycles. The minimum atomic E-state index is -0.852. The molecule has 3 aromatic rings. The molecule has 3 rings (SSSR count). The number of fused-ring (bicyclic) bond motifs is 1. The summed E-state index contributed by atoms with van der Waals surface area (Å²) < 4.78 is 12.1. The van der Waals surface area contributed by atoms with E-state index in [4.69, 9.17) is 15.2 Å². The number of aromatic nitrogens is 2. The van der Waals surface area contributed by atoms with Crippen molar-refractivity contribution >= 4 is 28.3 Å². The van der Waals surface area contributed by atoms with Crippen LogP contribution < -0.4 is 21.7 Å². The molecule has 0 fully saturated rings. The molecule has 0 atom stereocenters. The van der Waals surface area contributed by atoms with E-state index < -0.39 is 35.2 Å². The molecule has 9 heteroatoms. The van der Waals surface area contributed by atoms with E-state index in [2.05, 4.69) is 0 Å². The first kappa shape index (κ1) is 19.9. The number of nitrogen functional groups attached to an aromatic ring is 1. The molecule has 2 aromatic carbocycles. The topological polar surface area (TPSA) is 123 Å². The Morgan fingerprint density at radius 3 is 2.28 bits per heavy atom. The van der Waals surface area contributed by atoms with Crippen LogP contribution in [0.15, 0.2) is 46.0 Å². The predicted molar refractivity (Wildman–Crippen MR) is 106 cm³/mol. The maximum atomic E-state index is 12.5. The first-order valence-electron chi connectivity index (χ1n) is 8.58. The van der Waals surface area contributed by atoms with Crippen molar-refractivity contribution in [3.05, 3.63) is 68.4 Å². The molecule has 0 saturated carbocycles. The number of methoxy groups -OCH3 is 1. The van der Waals surface area contributed by atoms with Crippen molar-refractivity contribution in [2.75, 3.05) is 19.5 Å². The van der Waals surface area contributed by atoms with E-state index in [1.807, 2.05) is 24.3 Å². The Balaban J connectivity index is 1.89. The van der Waals surface area contributed by atoms with Gasteiger partial charge in [-0.1, -0.05) is 24.3 Å². The molecule has 0 spiro atoms. The fraction of sp³-hybridized carbons (Fsp3) is 0.200. The van der Waals surface area contributed by atoms with Crippen molar-refractivity contribution in [1.29, 1.82) is 0 Å². The fourth-order valence-corrected chi connectivity index (χ4v) is 2.95. The molecular formula is C20H19N3O6. The highest BCUT2D eigenvalue weighted by molar-refractivity contribution is 6.03. The van der Waals surface area contributed by atoms with Crippen molar-refractivity contribution in [2.45, 2.75) is 0 Å². The summed E-state index contributed by atoms with van der Waals surface area (Å²) in [7, 11) is 3.98. The van der Waals surface area contributed by atoms with Gasteiger partial charge in [0.05, 0.1) is 7.11 Å². The molecule has 9 nitrogen and oxygen atoms in total. The monoisotopic (exact) mass is 397 g/mol. The van der Waals surface area contributed by atoms with E-state index in [1.165, 1.54) is 21.2 Å². The van der Waals surface area contributed by atoms with Gasteiger partial charge in [0.25, 0.3) is 5.56 Å². The first-order valence-corrected chi connectivity index (χ1v) is 8.58. The quantitative estimate of drug-likeness (QED) is 0.500. The number of hydrogen-bond acceptors (Lipinski definition) is 7. The van der Waals surface area contributed by atoms with Gasteiger partial charge >= 0.3 is 11.7 Å². The molecule has 0 radical (unpaired) electrons. The van der Waals surface area contributed by atoms with Crippen LogP contribution in [0.3, 0.4) is 0 Å². The van der Waals surface area contributed by atoms with Crippen LogP contribution in [0.1, 0.15) is 20.7 Å². The highest BCUT2D eigenvalue weighted by Gasteiger charge is 2.23. The zero-order chi connectivity index (χ0) is 21.3. The predicted octanol–water partition coefficient (Wildman–Crippen LogP) is 0.868. The van der Waals surface area contributed by atoms with E-state index in [9.17, 15) is 19.2 Å². The summed E-state index contributed by atoms with van der Waals surface area (Å²) in [6, 6.07) is 10.7. The lowest BCUT2D eigenvalue weighted by molar-refractivity contribution is 0.0471. The number of carbonyl (C=O) groups is 2. The van der Waals surface area contributed by atoms with Crippen LogP contribution >= 0.6 is 0 Å². The standard InChI is InChI=1S/C20H19N3O6/c1-22-17(21)16(18(25)23(2)20(22)27)14(24)10-29-19(26)13-8-11-6-4-5-7-12(11)9-15(13)28-3/h4-9H,10,21H2,1-3H3. The van der Waals surface area contributed by atoms with E-state index in [1.54, 1.807) is 12.1 Å². The van der Waals surface area contributed by atoms with Gasteiger partial charge in [0.2, 0.25) is 5.78 Å². The van der Waals surface area contributed by atoms with Crippen LogP contribution in [0, 0.1) is 0 Å². The molecular weight excluding hydrogens is 378 g/mol. The Morgan fingerprint density at radius 2 is 1.66 bits per heavy atom. The van der Waals surface area contributed by atoms with Gasteiger partial charge in [-0.25, -0.2) is 9.59 Å². The zero-order valence-corrected chi connectivity index (χ0v) is 16.1. The number of nitrogens with zero attached hydrogens (tertiary/aromatic N) is 2. The molecule has 1 heterocycles. The molecule has 0 aliphatic carbocycles. The highest BCUT2D eigenvalue weighted by Crippen LogP contribution is 2.26. The van der Waals surface area contributed by atoms with Gasteiger partial charge in [-0.05, 0) is 22.9 Å². The van der Waals surface area contributed by atoms with E-state index in [0.717, 1.165) is 19.9 Å². The third kappa shape index (κ3) is 3.49. The molecule has 0 amide bonds. The number of Topliss-reactive ketones (excluding diaryl/α,β-unsaturated/α-hetero) is 1. The van der Waals surface area contributed by atoms with Crippen LogP contribution in [0.5, 0.6) is 5.75 Å². The van der Waals surface area contributed by atoms with Gasteiger partial charge in [0, 0.05) is 14.1 Å². The number of hydrogen-bond donors (Lipinski definition) is 1. The summed E-state index contributed by atoms with van der Waals surface area (Å²) in [6.07, 6.45) is 0. The Labute approximate surface area is 164 Å². The normalized spacial score (nSPS) is 10.7. The molecule has 1 aromatic heterocycles. The number of anilines is 1. The van der Waals surface area contributed by atoms with E-state index >= 15 is 0 Å². The summed E-state index contributed by atoms with van der Waals surface area (Å²) in [5, 5.41) is 1.67. The summed E-state index contributed by atoms with van der Waals surface area (Å²) in [5.74, 6) is -1.60. The van der Waals surface area contributed by atoms with E-state index in [-0.39, 0.29) is 11.4 Å². The number of ether oxygens (including phenoxy) is 2. The van der Waals surface area contributed by atoms with Gasteiger partial charge in [-0.2, -0.15) is 0 Å². The van der Waals surface area contributed by atoms with Crippen LogP contribution in [0.25, 0.3) is 10.8 Å². The lowest BCUT2D eigenvalue weighted by Gasteiger charge is -2.12. The SMILES string of the molecule is COc1cc2ccccc2cc1C(=O)OCC(=O)c1c(N)n(C)c(=O)n(C)c1=O. The minimum absolute atomic E-state index is 0.139. The maximum Gasteiger partial charge on any atom is 0.342 e. The number of benzene rings is 2. The van der Waals surface area contributed by atoms with Gasteiger partial charge in [0.1, 0.15) is 22.7 Å². The molecule has 150 valence electrons. The molecule has 0 bridgehead atoms. The van der Waals surface area contributed by atoms with Crippen molar-refractivity contribution in [2.24, 2.45) is 14.1 Å². The molecule has 0 aliphatic heterocycles. The smallest absolute Gasteiger partial charge is 0.342 e. The second-order valence-electron chi connectivity index (χ2n) is 6.36. The summed E-state index contributed by atoms with van der Waals surface area (Å²) in [5.41, 5.74) is 3.96. The second-order valence-corrected chi connectivity index (χ2v) is 6.36. The number of nitrogens with two attached hydrogens (primary N) is 1. The largest absolute Gasteiger partial charge is 0.496 e. The zero-order valence-electron chi connectivity index (χ0n) is 16.1. The highest BCUT2D eigenvalue weighted by atomic mass is 16.5. The van der Waals surface area contributed by atoms with Crippen LogP contribution in [0.2, 0.25) is 0 Å². The van der Waals surface area contributed by atoms with Gasteiger partial charge in [-0.3, -0.25) is 18.7 Å². The molecule has 0 unspecified atom stereocenters. The third-order valence-electron chi connectivity index (χ3n) is 4.61. The van der Waals surface area contributed by atoms with Gasteiger partial charge in [0.15, 0.2) is 6.61 Å². The lowest BCUT2D eigenvalue weighted by Crippen LogP contribution is -2.42. The van der Waals surface area contributed by atoms with E-state index in [0.29, 0.717) is 5.75 Å². The Morgan fingerprint density at radius 1 is 1.03 bits per heavy atom. The third-order valence-corrected chi connectivity index (χ3v) is 4.61. The number of carbonyl (C=O) groups excluding carboxylic acids is 2. The minimum Gasteiger partial charge on any atom is -0.496 e. The average molecular weight is 397 g/mol. The average Bonchev–Trinajstić information content (AvgIpc) is 2.73. The van der Waals surface area contributed by atoms with Crippen molar-refractivity contribution in [3.63, 3.8) is 0 Å². The summed E-state index contributed by atoms with van der Waals surface area (Å²) in [6.45, 7) is -0.716. The van der Waals surface area contributed by atoms with Crippen LogP contribution in [-0.4, -0.2) is 34.6 Å². The van der Waals surface area contributed by atoms with Gasteiger partial charge in [-0.15, -0.1) is 0 Å². The maximum absolute atomic E-state index is 12.5. The Bertz CT molecular complexity index is 1260. The number of ketones is 1. The van der Waals surface area contributed by atoms with Gasteiger partial charge < -0.3 is 15.2 Å². The molecule has 29 heavy (non-hydrogen) atoms. The Kier molecular flexibility index (Phi) is 5.22. The van der Waals surface area contributed by atoms with Crippen molar-refractivity contribution in [1.82, 2.24) is 9.13 Å². The lowest BCUT2D eigenvalue weighted by atomic mass is 10.1. The molecule has 0 aliphatic rings. The second kappa shape index (κ2) is 7.63. The van der Waals surface area contributed by atoms with Crippen molar-refractivity contribution < 1.29 is 19.1 Å².